The largest absolute Gasteiger partial charge is 0.381 e. The molecule has 2 aliphatic rings. The Labute approximate surface area is 152 Å². The van der Waals surface area contributed by atoms with Gasteiger partial charge in [0.15, 0.2) is 5.82 Å². The van der Waals surface area contributed by atoms with E-state index in [-0.39, 0.29) is 23.3 Å². The first-order valence-electron chi connectivity index (χ1n) is 9.02. The van der Waals surface area contributed by atoms with E-state index in [1.807, 2.05) is 6.20 Å². The Bertz CT molecular complexity index is 803. The third-order valence-corrected chi connectivity index (χ3v) is 5.09. The fraction of sp³-hybridized carbons (Fsp3) is 0.526. The molecule has 4 rings (SSSR count). The van der Waals surface area contributed by atoms with E-state index in [0.29, 0.717) is 24.7 Å². The van der Waals surface area contributed by atoms with Gasteiger partial charge in [0, 0.05) is 30.8 Å². The average molecular weight is 353 g/mol. The predicted molar refractivity (Wildman–Crippen MR) is 95.0 cm³/mol. The lowest BCUT2D eigenvalue weighted by atomic mass is 9.74. The van der Waals surface area contributed by atoms with Gasteiger partial charge in [0.05, 0.1) is 30.5 Å². The number of fused-ring (bicyclic) bond motifs is 1. The second kappa shape index (κ2) is 6.72. The van der Waals surface area contributed by atoms with Crippen LogP contribution in [-0.2, 0) is 16.0 Å². The number of carbonyl (C=O) groups is 1. The molecule has 0 unspecified atom stereocenters. The summed E-state index contributed by atoms with van der Waals surface area (Å²) in [6.45, 7) is 5.59. The molecule has 7 heteroatoms. The molecule has 0 radical (unpaired) electrons. The maximum atomic E-state index is 12.6. The van der Waals surface area contributed by atoms with Gasteiger partial charge in [-0.25, -0.2) is 15.0 Å². The normalized spacial score (nSPS) is 24.1. The number of hydrogen-bond acceptors (Lipinski definition) is 6. The topological polar surface area (TPSA) is 89.9 Å². The first-order valence-corrected chi connectivity index (χ1v) is 9.02. The van der Waals surface area contributed by atoms with Crippen molar-refractivity contribution in [2.24, 2.45) is 11.3 Å². The van der Waals surface area contributed by atoms with Crippen molar-refractivity contribution in [3.63, 3.8) is 0 Å². The van der Waals surface area contributed by atoms with Crippen LogP contribution in [0.4, 0.5) is 0 Å². The fourth-order valence-corrected chi connectivity index (χ4v) is 3.74. The smallest absolute Gasteiger partial charge is 0.226 e. The molecule has 1 saturated heterocycles. The van der Waals surface area contributed by atoms with Crippen LogP contribution in [0.15, 0.2) is 24.8 Å². The van der Waals surface area contributed by atoms with Crippen LogP contribution >= 0.6 is 0 Å². The van der Waals surface area contributed by atoms with Crippen LogP contribution in [-0.4, -0.2) is 39.1 Å². The van der Waals surface area contributed by atoms with Crippen LogP contribution < -0.4 is 5.32 Å². The van der Waals surface area contributed by atoms with Gasteiger partial charge in [-0.2, -0.15) is 0 Å². The minimum Gasteiger partial charge on any atom is -0.381 e. The molecule has 2 aromatic heterocycles. The lowest BCUT2D eigenvalue weighted by molar-refractivity contribution is -0.126. The summed E-state index contributed by atoms with van der Waals surface area (Å²) in [6.07, 6.45) is 9.26. The molecule has 3 heterocycles. The molecule has 2 aromatic rings. The monoisotopic (exact) mass is 353 g/mol. The third kappa shape index (κ3) is 3.44. The van der Waals surface area contributed by atoms with Gasteiger partial charge in [0.25, 0.3) is 0 Å². The van der Waals surface area contributed by atoms with Gasteiger partial charge in [0.2, 0.25) is 5.91 Å². The molecule has 0 saturated carbocycles. The summed E-state index contributed by atoms with van der Waals surface area (Å²) in [4.78, 5) is 30.2. The molecular formula is C19H23N5O2. The highest BCUT2D eigenvalue weighted by Crippen LogP contribution is 2.40. The number of amides is 1. The number of rotatable bonds is 3. The van der Waals surface area contributed by atoms with Crippen molar-refractivity contribution >= 4 is 5.91 Å². The number of ether oxygens (including phenoxy) is 1. The summed E-state index contributed by atoms with van der Waals surface area (Å²) >= 11 is 0. The van der Waals surface area contributed by atoms with Gasteiger partial charge < -0.3 is 10.1 Å². The highest BCUT2D eigenvalue weighted by Gasteiger charge is 2.36. The summed E-state index contributed by atoms with van der Waals surface area (Å²) < 4.78 is 5.34. The average Bonchev–Trinajstić information content (AvgIpc) is 3.16. The summed E-state index contributed by atoms with van der Waals surface area (Å²) in [5.41, 5.74) is 2.68. The lowest BCUT2D eigenvalue weighted by Gasteiger charge is -2.36. The molecule has 0 spiro atoms. The molecule has 2 atom stereocenters. The van der Waals surface area contributed by atoms with Crippen LogP contribution in [0.1, 0.15) is 44.0 Å². The summed E-state index contributed by atoms with van der Waals surface area (Å²) in [7, 11) is 0. The van der Waals surface area contributed by atoms with E-state index in [1.54, 1.807) is 18.6 Å². The number of hydrogen-bond donors (Lipinski definition) is 1. The fourth-order valence-electron chi connectivity index (χ4n) is 3.74. The minimum absolute atomic E-state index is 0.0467. The zero-order valence-electron chi connectivity index (χ0n) is 15.1. The number of aromatic nitrogens is 4. The van der Waals surface area contributed by atoms with Gasteiger partial charge in [-0.1, -0.05) is 13.8 Å². The molecule has 1 aliphatic heterocycles. The summed E-state index contributed by atoms with van der Waals surface area (Å²) in [5, 5.41) is 3.20. The molecule has 7 nitrogen and oxygen atoms in total. The Morgan fingerprint density at radius 1 is 1.27 bits per heavy atom. The first kappa shape index (κ1) is 17.0. The lowest BCUT2D eigenvalue weighted by Crippen LogP contribution is -2.40. The maximum absolute atomic E-state index is 12.6. The first-order chi connectivity index (χ1) is 12.5. The molecule has 0 aromatic carbocycles. The zero-order valence-corrected chi connectivity index (χ0v) is 15.1. The van der Waals surface area contributed by atoms with Crippen LogP contribution in [0.25, 0.3) is 11.5 Å². The van der Waals surface area contributed by atoms with Gasteiger partial charge in [-0.15, -0.1) is 0 Å². The van der Waals surface area contributed by atoms with Crippen molar-refractivity contribution in [1.29, 1.82) is 0 Å². The van der Waals surface area contributed by atoms with Crippen LogP contribution in [0.2, 0.25) is 0 Å². The summed E-state index contributed by atoms with van der Waals surface area (Å²) in [5.74, 6) is 0.584. The van der Waals surface area contributed by atoms with Crippen molar-refractivity contribution in [2.75, 3.05) is 13.2 Å². The molecular weight excluding hydrogens is 330 g/mol. The van der Waals surface area contributed by atoms with E-state index in [2.05, 4.69) is 34.1 Å². The molecule has 1 fully saturated rings. The highest BCUT2D eigenvalue weighted by molar-refractivity contribution is 5.79. The Balaban J connectivity index is 1.63. The second-order valence-corrected chi connectivity index (χ2v) is 7.85. The Morgan fingerprint density at radius 2 is 2.15 bits per heavy atom. The van der Waals surface area contributed by atoms with Gasteiger partial charge in [0.1, 0.15) is 5.69 Å². The number of carbonyl (C=O) groups excluding carboxylic acids is 1. The van der Waals surface area contributed by atoms with E-state index in [1.165, 1.54) is 0 Å². The molecule has 26 heavy (non-hydrogen) atoms. The minimum atomic E-state index is -0.0715. The van der Waals surface area contributed by atoms with Crippen molar-refractivity contribution < 1.29 is 9.53 Å². The number of nitrogens with zero attached hydrogens (tertiary/aromatic N) is 4. The van der Waals surface area contributed by atoms with Gasteiger partial charge in [-0.05, 0) is 24.7 Å². The van der Waals surface area contributed by atoms with E-state index in [4.69, 9.17) is 9.72 Å². The predicted octanol–water partition coefficient (Wildman–Crippen LogP) is 2.10. The Kier molecular flexibility index (Phi) is 4.40. The SMILES string of the molecule is CC1(C)Cc2nc(-c3cnccn3)ncc2[C@@H](NC(=O)[C@@H]2CCOC2)C1. The third-order valence-electron chi connectivity index (χ3n) is 5.09. The molecule has 1 aliphatic carbocycles. The van der Waals surface area contributed by atoms with Crippen LogP contribution in [0, 0.1) is 11.3 Å². The van der Waals surface area contributed by atoms with Crippen molar-refractivity contribution in [2.45, 2.75) is 39.2 Å². The van der Waals surface area contributed by atoms with Crippen molar-refractivity contribution in [3.8, 4) is 11.5 Å². The number of nitrogens with one attached hydrogen (secondary N) is 1. The molecule has 0 bridgehead atoms. The van der Waals surface area contributed by atoms with E-state index >= 15 is 0 Å². The molecule has 136 valence electrons. The van der Waals surface area contributed by atoms with E-state index in [0.717, 1.165) is 30.5 Å². The maximum Gasteiger partial charge on any atom is 0.226 e. The summed E-state index contributed by atoms with van der Waals surface area (Å²) in [6, 6.07) is -0.0715. The second-order valence-electron chi connectivity index (χ2n) is 7.85. The Hall–Kier alpha value is -2.41. The Morgan fingerprint density at radius 3 is 2.88 bits per heavy atom. The highest BCUT2D eigenvalue weighted by atomic mass is 16.5. The van der Waals surface area contributed by atoms with Gasteiger partial charge >= 0.3 is 0 Å². The van der Waals surface area contributed by atoms with E-state index < -0.39 is 0 Å². The van der Waals surface area contributed by atoms with Gasteiger partial charge in [-0.3, -0.25) is 9.78 Å². The van der Waals surface area contributed by atoms with Crippen molar-refractivity contribution in [3.05, 3.63) is 36.0 Å². The molecule has 1 amide bonds. The van der Waals surface area contributed by atoms with Crippen molar-refractivity contribution in [1.82, 2.24) is 25.3 Å². The zero-order chi connectivity index (χ0) is 18.1. The molecule has 1 N–H and O–H groups in total. The van der Waals surface area contributed by atoms with Crippen LogP contribution in [0.5, 0.6) is 0 Å². The van der Waals surface area contributed by atoms with Crippen LogP contribution in [0.3, 0.4) is 0 Å². The quantitative estimate of drug-likeness (QED) is 0.909. The standard InChI is InChI=1S/C19H23N5O2/c1-19(2)7-14-13(9-22-17(23-14)16-10-20-4-5-21-16)15(8-19)24-18(25)12-3-6-26-11-12/h4-5,9-10,12,15H,3,6-8,11H2,1-2H3,(H,24,25)/t12-,15+/m1/s1. The van der Waals surface area contributed by atoms with E-state index in [9.17, 15) is 4.79 Å².